The van der Waals surface area contributed by atoms with Crippen LogP contribution in [0.25, 0.3) is 6.08 Å². The number of phenols is 1. The maximum absolute atomic E-state index is 13.3. The lowest BCUT2D eigenvalue weighted by Gasteiger charge is -2.32. The normalized spacial score (nSPS) is 20.1. The fourth-order valence-electron chi connectivity index (χ4n) is 4.42. The van der Waals surface area contributed by atoms with Crippen LogP contribution >= 0.6 is 11.6 Å². The van der Waals surface area contributed by atoms with Gasteiger partial charge >= 0.3 is 0 Å². The summed E-state index contributed by atoms with van der Waals surface area (Å²) in [5.41, 5.74) is 3.31. The highest BCUT2D eigenvalue weighted by atomic mass is 35.5. The number of Topliss-reactive ketones (excluding diaryl/α,β-unsaturated/α-hetero) is 1. The Morgan fingerprint density at radius 1 is 1.16 bits per heavy atom. The van der Waals surface area contributed by atoms with Gasteiger partial charge in [-0.15, -0.1) is 0 Å². The van der Waals surface area contributed by atoms with Crippen LogP contribution in [-0.2, 0) is 17.9 Å². The van der Waals surface area contributed by atoms with E-state index >= 15 is 0 Å². The minimum Gasteiger partial charge on any atom is -0.507 e. The molecule has 0 spiro atoms. The molecule has 0 saturated carbocycles. The van der Waals surface area contributed by atoms with Crippen molar-refractivity contribution < 1.29 is 24.1 Å². The number of nitrogens with zero attached hydrogens (tertiary/aromatic N) is 2. The van der Waals surface area contributed by atoms with Crippen molar-refractivity contribution >= 4 is 23.5 Å². The van der Waals surface area contributed by atoms with Crippen molar-refractivity contribution in [2.75, 3.05) is 40.0 Å². The number of ether oxygens (including phenoxy) is 3. The molecule has 3 aliphatic rings. The van der Waals surface area contributed by atoms with E-state index in [1.807, 2.05) is 6.92 Å². The first-order valence-corrected chi connectivity index (χ1v) is 11.0. The van der Waals surface area contributed by atoms with E-state index in [0.29, 0.717) is 51.9 Å². The number of phenolic OH excluding ortho intramolecular Hbond substituents is 1. The summed E-state index contributed by atoms with van der Waals surface area (Å²) < 4.78 is 17.1. The Morgan fingerprint density at radius 2 is 1.94 bits per heavy atom. The molecular formula is C24H25ClN2O5. The fraction of sp³-hybridized carbons (Fsp3) is 0.375. The van der Waals surface area contributed by atoms with Gasteiger partial charge in [0.1, 0.15) is 17.2 Å². The first-order chi connectivity index (χ1) is 15.4. The lowest BCUT2D eigenvalue weighted by molar-refractivity contribution is -0.0165. The molecule has 168 valence electrons. The van der Waals surface area contributed by atoms with E-state index in [0.717, 1.165) is 31.7 Å². The van der Waals surface area contributed by atoms with Crippen molar-refractivity contribution in [3.63, 3.8) is 0 Å². The molecule has 8 heteroatoms. The van der Waals surface area contributed by atoms with E-state index in [1.54, 1.807) is 24.3 Å². The number of ketones is 1. The second-order valence-corrected chi connectivity index (χ2v) is 8.94. The number of fused-ring (bicyclic) bond motifs is 2. The minimum absolute atomic E-state index is 0.141. The predicted molar refractivity (Wildman–Crippen MR) is 120 cm³/mol. The van der Waals surface area contributed by atoms with Crippen LogP contribution in [0.4, 0.5) is 0 Å². The summed E-state index contributed by atoms with van der Waals surface area (Å²) in [6.45, 7) is 6.57. The molecule has 5 rings (SSSR count). The third kappa shape index (κ3) is 3.86. The molecule has 2 aromatic rings. The van der Waals surface area contributed by atoms with E-state index in [-0.39, 0.29) is 24.1 Å². The fourth-order valence-corrected chi connectivity index (χ4v) is 4.67. The molecular weight excluding hydrogens is 432 g/mol. The highest BCUT2D eigenvalue weighted by Crippen LogP contribution is 2.43. The highest BCUT2D eigenvalue weighted by Gasteiger charge is 2.34. The summed E-state index contributed by atoms with van der Waals surface area (Å²) in [7, 11) is 2.10. The summed E-state index contributed by atoms with van der Waals surface area (Å²) in [4.78, 5) is 17.8. The highest BCUT2D eigenvalue weighted by molar-refractivity contribution is 6.31. The number of piperazine rings is 1. The molecule has 1 N–H and O–H groups in total. The number of halogens is 1. The van der Waals surface area contributed by atoms with Crippen molar-refractivity contribution in [3.05, 3.63) is 56.8 Å². The molecule has 0 amide bonds. The number of carbonyl (C=O) groups is 1. The van der Waals surface area contributed by atoms with E-state index in [1.165, 1.54) is 0 Å². The summed E-state index contributed by atoms with van der Waals surface area (Å²) >= 11 is 6.27. The summed E-state index contributed by atoms with van der Waals surface area (Å²) in [6.07, 6.45) is 1.66. The lowest BCUT2D eigenvalue weighted by Crippen LogP contribution is -2.43. The van der Waals surface area contributed by atoms with Crippen molar-refractivity contribution in [3.8, 4) is 17.2 Å². The molecule has 0 bridgehead atoms. The first-order valence-electron chi connectivity index (χ1n) is 10.6. The standard InChI is InChI=1S/C24H25ClN2O5/c1-14-7-19(28)18(11-27-5-3-26(2)4-6-27)24-21(14)22(29)20(32-24)10-15-8-17(25)9-16-12-30-13-31-23(15)16/h7-10,28H,3-6,11-13H2,1-2H3/b20-10-. The number of hydrogen-bond acceptors (Lipinski definition) is 7. The molecule has 2 aromatic carbocycles. The second-order valence-electron chi connectivity index (χ2n) is 8.51. The van der Waals surface area contributed by atoms with Crippen LogP contribution < -0.4 is 9.47 Å². The summed E-state index contributed by atoms with van der Waals surface area (Å²) in [5, 5.41) is 11.2. The van der Waals surface area contributed by atoms with Gasteiger partial charge < -0.3 is 24.2 Å². The number of benzene rings is 2. The Bertz CT molecular complexity index is 1120. The van der Waals surface area contributed by atoms with Gasteiger partial charge in [-0.1, -0.05) is 11.6 Å². The zero-order valence-corrected chi connectivity index (χ0v) is 18.9. The molecule has 0 unspecified atom stereocenters. The Hall–Kier alpha value is -2.58. The average Bonchev–Trinajstić information content (AvgIpc) is 3.08. The van der Waals surface area contributed by atoms with E-state index in [4.69, 9.17) is 25.8 Å². The molecule has 1 fully saturated rings. The number of rotatable bonds is 3. The Morgan fingerprint density at radius 3 is 2.72 bits per heavy atom. The van der Waals surface area contributed by atoms with Crippen LogP contribution in [-0.4, -0.2) is 60.7 Å². The average molecular weight is 457 g/mol. The van der Waals surface area contributed by atoms with E-state index in [2.05, 4.69) is 16.8 Å². The molecule has 32 heavy (non-hydrogen) atoms. The number of aromatic hydroxyl groups is 1. The quantitative estimate of drug-likeness (QED) is 0.708. The molecule has 3 heterocycles. The SMILES string of the molecule is Cc1cc(O)c(CN2CCN(C)CC2)c2c1C(=O)/C(=C/c1cc(Cl)cc3c1OCOC3)O2. The van der Waals surface area contributed by atoms with Crippen molar-refractivity contribution in [1.29, 1.82) is 0 Å². The van der Waals surface area contributed by atoms with Crippen molar-refractivity contribution in [1.82, 2.24) is 9.80 Å². The summed E-state index contributed by atoms with van der Waals surface area (Å²) in [6, 6.07) is 5.18. The zero-order chi connectivity index (χ0) is 22.4. The Kier molecular flexibility index (Phi) is 5.59. The lowest BCUT2D eigenvalue weighted by atomic mass is 9.98. The molecule has 0 atom stereocenters. The first kappa shape index (κ1) is 21.3. The largest absolute Gasteiger partial charge is 0.507 e. The zero-order valence-electron chi connectivity index (χ0n) is 18.1. The Balaban J connectivity index is 1.51. The van der Waals surface area contributed by atoms with Crippen LogP contribution in [0.3, 0.4) is 0 Å². The number of hydrogen-bond donors (Lipinski definition) is 1. The number of likely N-dealkylation sites (N-methyl/N-ethyl adjacent to an activating group) is 1. The minimum atomic E-state index is -0.210. The number of carbonyl (C=O) groups excluding carboxylic acids is 1. The van der Waals surface area contributed by atoms with Crippen molar-refractivity contribution in [2.45, 2.75) is 20.1 Å². The van der Waals surface area contributed by atoms with Crippen LogP contribution in [0, 0.1) is 6.92 Å². The molecule has 3 aliphatic heterocycles. The summed E-state index contributed by atoms with van der Waals surface area (Å²) in [5.74, 6) is 1.20. The number of aryl methyl sites for hydroxylation is 1. The van der Waals surface area contributed by atoms with Gasteiger partial charge in [0, 0.05) is 48.9 Å². The maximum atomic E-state index is 13.3. The maximum Gasteiger partial charge on any atom is 0.232 e. The smallest absolute Gasteiger partial charge is 0.232 e. The third-order valence-electron chi connectivity index (χ3n) is 6.19. The molecule has 0 aromatic heterocycles. The van der Waals surface area contributed by atoms with Gasteiger partial charge in [-0.05, 0) is 43.8 Å². The topological polar surface area (TPSA) is 71.5 Å². The van der Waals surface area contributed by atoms with Gasteiger partial charge in [0.05, 0.1) is 17.7 Å². The van der Waals surface area contributed by atoms with E-state index in [9.17, 15) is 9.90 Å². The third-order valence-corrected chi connectivity index (χ3v) is 6.41. The monoisotopic (exact) mass is 456 g/mol. The Labute approximate surface area is 191 Å². The molecule has 1 saturated heterocycles. The molecule has 0 radical (unpaired) electrons. The molecule has 7 nitrogen and oxygen atoms in total. The van der Waals surface area contributed by atoms with Crippen molar-refractivity contribution in [2.24, 2.45) is 0 Å². The number of allylic oxidation sites excluding steroid dienone is 1. The van der Waals surface area contributed by atoms with Gasteiger partial charge in [0.2, 0.25) is 5.78 Å². The van der Waals surface area contributed by atoms with Crippen LogP contribution in [0.1, 0.15) is 32.6 Å². The van der Waals surface area contributed by atoms with E-state index < -0.39 is 0 Å². The predicted octanol–water partition coefficient (Wildman–Crippen LogP) is 3.58. The van der Waals surface area contributed by atoms with Gasteiger partial charge in [-0.2, -0.15) is 0 Å². The van der Waals surface area contributed by atoms with Gasteiger partial charge in [-0.25, -0.2) is 0 Å². The van der Waals surface area contributed by atoms with Crippen LogP contribution in [0.2, 0.25) is 5.02 Å². The van der Waals surface area contributed by atoms with Crippen LogP contribution in [0.15, 0.2) is 24.0 Å². The van der Waals surface area contributed by atoms with Gasteiger partial charge in [0.25, 0.3) is 0 Å². The molecule has 0 aliphatic carbocycles. The van der Waals surface area contributed by atoms with Crippen LogP contribution in [0.5, 0.6) is 17.2 Å². The van der Waals surface area contributed by atoms with Gasteiger partial charge in [0.15, 0.2) is 12.6 Å². The second kappa shape index (κ2) is 8.41. The van der Waals surface area contributed by atoms with Gasteiger partial charge in [-0.3, -0.25) is 9.69 Å².